The number of hydrogen-bond acceptors (Lipinski definition) is 4. The third-order valence-corrected chi connectivity index (χ3v) is 5.09. The highest BCUT2D eigenvalue weighted by atomic mass is 32.1. The van der Waals surface area contributed by atoms with Crippen molar-refractivity contribution in [2.45, 2.75) is 25.8 Å². The number of rotatable bonds is 4. The van der Waals surface area contributed by atoms with Crippen molar-refractivity contribution in [1.82, 2.24) is 4.90 Å². The third kappa shape index (κ3) is 3.01. The Balaban J connectivity index is 1.83. The molecule has 1 aromatic heterocycles. The van der Waals surface area contributed by atoms with Gasteiger partial charge in [-0.25, -0.2) is 0 Å². The normalized spacial score (nSPS) is 17.3. The van der Waals surface area contributed by atoms with Gasteiger partial charge in [-0.1, -0.05) is 6.07 Å². The van der Waals surface area contributed by atoms with E-state index < -0.39 is 0 Å². The minimum Gasteiger partial charge on any atom is -0.496 e. The zero-order valence-electron chi connectivity index (χ0n) is 13.2. The van der Waals surface area contributed by atoms with Crippen LogP contribution in [0.4, 0.5) is 0 Å². The largest absolute Gasteiger partial charge is 0.496 e. The zero-order chi connectivity index (χ0) is 16.4. The molecule has 2 heterocycles. The highest BCUT2D eigenvalue weighted by Crippen LogP contribution is 2.26. The van der Waals surface area contributed by atoms with Crippen LogP contribution in [0.3, 0.4) is 0 Å². The molecule has 3 rings (SSSR count). The molecule has 0 radical (unpaired) electrons. The van der Waals surface area contributed by atoms with Crippen LogP contribution in [0, 0.1) is 6.92 Å². The van der Waals surface area contributed by atoms with Gasteiger partial charge in [0.05, 0.1) is 18.0 Å². The summed E-state index contributed by atoms with van der Waals surface area (Å²) in [6.07, 6.45) is 1.59. The van der Waals surface area contributed by atoms with Gasteiger partial charge in [0.2, 0.25) is 0 Å². The molecule has 1 fully saturated rings. The number of aryl methyl sites for hydroxylation is 1. The van der Waals surface area contributed by atoms with Crippen molar-refractivity contribution in [3.05, 3.63) is 51.7 Å². The maximum atomic E-state index is 12.9. The number of benzene rings is 1. The highest BCUT2D eigenvalue weighted by Gasteiger charge is 2.35. The Morgan fingerprint density at radius 2 is 2.13 bits per heavy atom. The molecule has 1 aliphatic heterocycles. The van der Waals surface area contributed by atoms with Crippen molar-refractivity contribution < 1.29 is 14.3 Å². The van der Waals surface area contributed by atoms with Gasteiger partial charge in [0.15, 0.2) is 5.78 Å². The molecule has 5 heteroatoms. The van der Waals surface area contributed by atoms with Crippen LogP contribution in [-0.2, 0) is 0 Å². The van der Waals surface area contributed by atoms with Gasteiger partial charge in [-0.2, -0.15) is 0 Å². The summed E-state index contributed by atoms with van der Waals surface area (Å²) in [5.74, 6) is 0.735. The van der Waals surface area contributed by atoms with Crippen molar-refractivity contribution in [3.8, 4) is 5.75 Å². The predicted molar refractivity (Wildman–Crippen MR) is 90.4 cm³/mol. The molecule has 0 spiro atoms. The Morgan fingerprint density at radius 3 is 2.78 bits per heavy atom. The standard InChI is InChI=1S/C18H19NO3S/c1-12-11-13(7-8-15(12)22-2)17(20)14-5-3-9-19(14)18(21)16-6-4-10-23-16/h4,6-8,10-11,14H,3,5,9H2,1-2H3. The smallest absolute Gasteiger partial charge is 0.264 e. The lowest BCUT2D eigenvalue weighted by Gasteiger charge is -2.23. The second kappa shape index (κ2) is 6.54. The Morgan fingerprint density at radius 1 is 1.30 bits per heavy atom. The fraction of sp³-hybridized carbons (Fsp3) is 0.333. The zero-order valence-corrected chi connectivity index (χ0v) is 14.1. The van der Waals surface area contributed by atoms with Crippen LogP contribution in [0.2, 0.25) is 0 Å². The first-order valence-electron chi connectivity index (χ1n) is 7.65. The minimum absolute atomic E-state index is 0.0122. The van der Waals surface area contributed by atoms with Crippen molar-refractivity contribution >= 4 is 23.0 Å². The van der Waals surface area contributed by atoms with Crippen molar-refractivity contribution in [3.63, 3.8) is 0 Å². The van der Waals surface area contributed by atoms with E-state index in [1.54, 1.807) is 18.1 Å². The average Bonchev–Trinajstić information content (AvgIpc) is 3.24. The van der Waals surface area contributed by atoms with Crippen molar-refractivity contribution in [2.75, 3.05) is 13.7 Å². The third-order valence-electron chi connectivity index (χ3n) is 4.23. The molecule has 0 aliphatic carbocycles. The van der Waals surface area contributed by atoms with Crippen LogP contribution in [-0.4, -0.2) is 36.3 Å². The number of carbonyl (C=O) groups excluding carboxylic acids is 2. The summed E-state index contributed by atoms with van der Waals surface area (Å²) in [6, 6.07) is 8.73. The fourth-order valence-electron chi connectivity index (χ4n) is 3.05. The van der Waals surface area contributed by atoms with Gasteiger partial charge < -0.3 is 9.64 Å². The molecule has 120 valence electrons. The molecular weight excluding hydrogens is 310 g/mol. The van der Waals surface area contributed by atoms with Gasteiger partial charge in [-0.3, -0.25) is 9.59 Å². The van der Waals surface area contributed by atoms with Gasteiger partial charge in [-0.15, -0.1) is 11.3 Å². The number of methoxy groups -OCH3 is 1. The number of amides is 1. The van der Waals surface area contributed by atoms with Crippen molar-refractivity contribution in [1.29, 1.82) is 0 Å². The second-order valence-electron chi connectivity index (χ2n) is 5.68. The van der Waals surface area contributed by atoms with Crippen LogP contribution in [0.1, 0.15) is 38.4 Å². The maximum absolute atomic E-state index is 12.9. The molecule has 0 bridgehead atoms. The molecular formula is C18H19NO3S. The average molecular weight is 329 g/mol. The molecule has 2 aromatic rings. The van der Waals surface area contributed by atoms with Crippen LogP contribution in [0.15, 0.2) is 35.7 Å². The second-order valence-corrected chi connectivity index (χ2v) is 6.63. The number of likely N-dealkylation sites (tertiary alicyclic amines) is 1. The Bertz CT molecular complexity index is 724. The van der Waals surface area contributed by atoms with E-state index >= 15 is 0 Å². The molecule has 0 saturated carbocycles. The van der Waals surface area contributed by atoms with Gasteiger partial charge in [0.1, 0.15) is 5.75 Å². The highest BCUT2D eigenvalue weighted by molar-refractivity contribution is 7.12. The van der Waals surface area contributed by atoms with Crippen molar-refractivity contribution in [2.24, 2.45) is 0 Å². The van der Waals surface area contributed by atoms with Crippen LogP contribution < -0.4 is 4.74 Å². The Labute approximate surface area is 139 Å². The fourth-order valence-corrected chi connectivity index (χ4v) is 3.73. The number of ketones is 1. The lowest BCUT2D eigenvalue weighted by molar-refractivity contribution is 0.0675. The summed E-state index contributed by atoms with van der Waals surface area (Å²) in [4.78, 5) is 27.8. The molecule has 0 N–H and O–H groups in total. The number of Topliss-reactive ketones (excluding diaryl/α,β-unsaturated/α-hetero) is 1. The van der Waals surface area contributed by atoms with E-state index in [0.717, 1.165) is 24.2 Å². The topological polar surface area (TPSA) is 46.6 Å². The van der Waals surface area contributed by atoms with Gasteiger partial charge in [-0.05, 0) is 55.0 Å². The molecule has 1 unspecified atom stereocenters. The molecule has 1 atom stereocenters. The van der Waals surface area contributed by atoms with Gasteiger partial charge in [0, 0.05) is 12.1 Å². The van der Waals surface area contributed by atoms with E-state index in [2.05, 4.69) is 0 Å². The lowest BCUT2D eigenvalue weighted by atomic mass is 10.00. The summed E-state index contributed by atoms with van der Waals surface area (Å²) in [6.45, 7) is 2.56. The molecule has 1 aliphatic rings. The molecule has 1 amide bonds. The monoisotopic (exact) mass is 329 g/mol. The SMILES string of the molecule is COc1ccc(C(=O)C2CCCN2C(=O)c2cccs2)cc1C. The van der Waals surface area contributed by atoms with Crippen LogP contribution >= 0.6 is 11.3 Å². The molecule has 23 heavy (non-hydrogen) atoms. The first kappa shape index (κ1) is 15.7. The molecule has 1 saturated heterocycles. The van der Waals surface area contributed by atoms with E-state index in [-0.39, 0.29) is 17.7 Å². The Kier molecular flexibility index (Phi) is 4.48. The van der Waals surface area contributed by atoms with E-state index in [4.69, 9.17) is 4.74 Å². The molecule has 1 aromatic carbocycles. The van der Waals surface area contributed by atoms with E-state index in [0.29, 0.717) is 17.0 Å². The van der Waals surface area contributed by atoms with E-state index in [9.17, 15) is 9.59 Å². The van der Waals surface area contributed by atoms with E-state index in [1.807, 2.05) is 36.6 Å². The van der Waals surface area contributed by atoms with Gasteiger partial charge in [0.25, 0.3) is 5.91 Å². The number of hydrogen-bond donors (Lipinski definition) is 0. The van der Waals surface area contributed by atoms with Crippen LogP contribution in [0.25, 0.3) is 0 Å². The summed E-state index contributed by atoms with van der Waals surface area (Å²) in [5.41, 5.74) is 1.56. The summed E-state index contributed by atoms with van der Waals surface area (Å²) < 4.78 is 5.24. The maximum Gasteiger partial charge on any atom is 0.264 e. The summed E-state index contributed by atoms with van der Waals surface area (Å²) in [5, 5.41) is 1.88. The first-order valence-corrected chi connectivity index (χ1v) is 8.53. The van der Waals surface area contributed by atoms with E-state index in [1.165, 1.54) is 11.3 Å². The number of ether oxygens (including phenoxy) is 1. The number of thiophene rings is 1. The first-order chi connectivity index (χ1) is 11.1. The predicted octanol–water partition coefficient (Wildman–Crippen LogP) is 3.55. The quantitative estimate of drug-likeness (QED) is 0.806. The molecule has 4 nitrogen and oxygen atoms in total. The lowest BCUT2D eigenvalue weighted by Crippen LogP contribution is -2.40. The van der Waals surface area contributed by atoms with Crippen LogP contribution in [0.5, 0.6) is 5.75 Å². The minimum atomic E-state index is -0.364. The summed E-state index contributed by atoms with van der Waals surface area (Å²) in [7, 11) is 1.61. The number of carbonyl (C=O) groups is 2. The van der Waals surface area contributed by atoms with Gasteiger partial charge >= 0.3 is 0 Å². The number of nitrogens with zero attached hydrogens (tertiary/aromatic N) is 1. The Hall–Kier alpha value is -2.14. The summed E-state index contributed by atoms with van der Waals surface area (Å²) >= 11 is 1.42.